The van der Waals surface area contributed by atoms with E-state index in [-0.39, 0.29) is 12.5 Å². The number of carbonyl (C=O) groups excluding carboxylic acids is 1. The fourth-order valence-electron chi connectivity index (χ4n) is 3.55. The second-order valence-corrected chi connectivity index (χ2v) is 5.60. The molecule has 0 aromatic carbocycles. The second-order valence-electron chi connectivity index (χ2n) is 5.60. The van der Waals surface area contributed by atoms with Gasteiger partial charge in [0.05, 0.1) is 0 Å². The molecule has 1 amide bonds. The Morgan fingerprint density at radius 2 is 2.11 bits per heavy atom. The highest BCUT2D eigenvalue weighted by molar-refractivity contribution is 5.81. The number of carboxylic acid groups (broad SMARTS) is 1. The highest BCUT2D eigenvalue weighted by Gasteiger charge is 2.40. The smallest absolute Gasteiger partial charge is 0.323 e. The fourth-order valence-corrected chi connectivity index (χ4v) is 3.55. The summed E-state index contributed by atoms with van der Waals surface area (Å²) in [4.78, 5) is 24.2. The van der Waals surface area contributed by atoms with E-state index < -0.39 is 5.97 Å². The molecule has 4 heteroatoms. The molecule has 0 aromatic heterocycles. The van der Waals surface area contributed by atoms with Gasteiger partial charge >= 0.3 is 5.97 Å². The van der Waals surface area contributed by atoms with Crippen LogP contribution in [-0.2, 0) is 9.59 Å². The zero-order valence-electron chi connectivity index (χ0n) is 10.7. The quantitative estimate of drug-likeness (QED) is 0.734. The van der Waals surface area contributed by atoms with Gasteiger partial charge < -0.3 is 10.0 Å². The van der Waals surface area contributed by atoms with Gasteiger partial charge in [-0.3, -0.25) is 9.59 Å². The van der Waals surface area contributed by atoms with Crippen LogP contribution in [0.5, 0.6) is 0 Å². The van der Waals surface area contributed by atoms with Gasteiger partial charge in [-0.25, -0.2) is 0 Å². The predicted molar refractivity (Wildman–Crippen MR) is 68.0 cm³/mol. The molecule has 3 unspecified atom stereocenters. The summed E-state index contributed by atoms with van der Waals surface area (Å²) in [6.07, 6.45) is 7.11. The minimum atomic E-state index is -0.960. The van der Waals surface area contributed by atoms with E-state index in [1.54, 1.807) is 6.08 Å². The second kappa shape index (κ2) is 5.55. The van der Waals surface area contributed by atoms with Crippen LogP contribution in [0.4, 0.5) is 0 Å². The van der Waals surface area contributed by atoms with E-state index in [1.807, 2.05) is 0 Å². The van der Waals surface area contributed by atoms with Crippen molar-refractivity contribution in [3.05, 3.63) is 12.7 Å². The Kier molecular flexibility index (Phi) is 4.04. The number of aliphatic carboxylic acids is 1. The van der Waals surface area contributed by atoms with Crippen LogP contribution in [0.2, 0.25) is 0 Å². The molecule has 2 aliphatic rings. The van der Waals surface area contributed by atoms with Crippen molar-refractivity contribution in [3.8, 4) is 0 Å². The third-order valence-electron chi connectivity index (χ3n) is 4.35. The molecule has 2 saturated carbocycles. The van der Waals surface area contributed by atoms with Crippen LogP contribution in [0.25, 0.3) is 0 Å². The van der Waals surface area contributed by atoms with E-state index in [0.717, 1.165) is 12.3 Å². The van der Waals surface area contributed by atoms with Crippen molar-refractivity contribution in [2.45, 2.75) is 32.1 Å². The Hall–Kier alpha value is -1.32. The van der Waals surface area contributed by atoms with Gasteiger partial charge in [0.1, 0.15) is 6.54 Å². The summed E-state index contributed by atoms with van der Waals surface area (Å²) < 4.78 is 0. The highest BCUT2D eigenvalue weighted by atomic mass is 16.4. The number of hydrogen-bond donors (Lipinski definition) is 1. The average Bonchev–Trinajstić information content (AvgIpc) is 2.89. The van der Waals surface area contributed by atoms with Gasteiger partial charge in [0, 0.05) is 13.0 Å². The van der Waals surface area contributed by atoms with Crippen LogP contribution in [0.1, 0.15) is 32.1 Å². The van der Waals surface area contributed by atoms with Gasteiger partial charge in [-0.05, 0) is 37.0 Å². The van der Waals surface area contributed by atoms with Gasteiger partial charge in [0.15, 0.2) is 0 Å². The number of nitrogens with zero attached hydrogens (tertiary/aromatic N) is 1. The first-order valence-corrected chi connectivity index (χ1v) is 6.70. The number of hydrogen-bond acceptors (Lipinski definition) is 2. The van der Waals surface area contributed by atoms with Crippen molar-refractivity contribution in [2.24, 2.45) is 17.8 Å². The van der Waals surface area contributed by atoms with E-state index in [4.69, 9.17) is 5.11 Å². The molecule has 2 aliphatic carbocycles. The summed E-state index contributed by atoms with van der Waals surface area (Å²) >= 11 is 0. The van der Waals surface area contributed by atoms with Gasteiger partial charge in [0.25, 0.3) is 0 Å². The lowest BCUT2D eigenvalue weighted by Gasteiger charge is -2.25. The first-order valence-electron chi connectivity index (χ1n) is 6.70. The monoisotopic (exact) mass is 251 g/mol. The topological polar surface area (TPSA) is 57.6 Å². The molecule has 0 aliphatic heterocycles. The molecule has 0 aromatic rings. The SMILES string of the molecule is C=CCN(CC(=O)O)C(=O)CC1CC2CCC1C2. The summed E-state index contributed by atoms with van der Waals surface area (Å²) in [5, 5.41) is 8.80. The first-order chi connectivity index (χ1) is 8.60. The van der Waals surface area contributed by atoms with Crippen molar-refractivity contribution in [2.75, 3.05) is 13.1 Å². The maximum absolute atomic E-state index is 12.1. The molecule has 0 saturated heterocycles. The number of carboxylic acids is 1. The van der Waals surface area contributed by atoms with Crippen molar-refractivity contribution in [3.63, 3.8) is 0 Å². The summed E-state index contributed by atoms with van der Waals surface area (Å²) in [6.45, 7) is 3.68. The summed E-state index contributed by atoms with van der Waals surface area (Å²) in [5.74, 6) is 1.01. The highest BCUT2D eigenvalue weighted by Crippen LogP contribution is 2.49. The molecule has 0 radical (unpaired) electrons. The van der Waals surface area contributed by atoms with Crippen LogP contribution in [0, 0.1) is 17.8 Å². The van der Waals surface area contributed by atoms with Crippen LogP contribution in [-0.4, -0.2) is 35.0 Å². The zero-order chi connectivity index (χ0) is 13.1. The van der Waals surface area contributed by atoms with Crippen LogP contribution >= 0.6 is 0 Å². The number of carbonyl (C=O) groups is 2. The molecular formula is C14H21NO3. The molecule has 0 spiro atoms. The van der Waals surface area contributed by atoms with Gasteiger partial charge in [-0.1, -0.05) is 12.5 Å². The van der Waals surface area contributed by atoms with E-state index in [2.05, 4.69) is 6.58 Å². The van der Waals surface area contributed by atoms with Crippen LogP contribution in [0.3, 0.4) is 0 Å². The number of rotatable bonds is 6. The third-order valence-corrected chi connectivity index (χ3v) is 4.35. The van der Waals surface area contributed by atoms with Crippen molar-refractivity contribution in [1.82, 2.24) is 4.90 Å². The molecule has 2 rings (SSSR count). The lowest BCUT2D eigenvalue weighted by atomic mass is 9.86. The molecular weight excluding hydrogens is 230 g/mol. The van der Waals surface area contributed by atoms with Crippen LogP contribution < -0.4 is 0 Å². The fraction of sp³-hybridized carbons (Fsp3) is 0.714. The Morgan fingerprint density at radius 1 is 1.33 bits per heavy atom. The largest absolute Gasteiger partial charge is 0.480 e. The Bertz CT molecular complexity index is 353. The predicted octanol–water partition coefficient (Wildman–Crippen LogP) is 1.91. The van der Waals surface area contributed by atoms with E-state index in [0.29, 0.717) is 24.8 Å². The van der Waals surface area contributed by atoms with Crippen molar-refractivity contribution >= 4 is 11.9 Å². The Morgan fingerprint density at radius 3 is 2.61 bits per heavy atom. The third kappa shape index (κ3) is 2.92. The van der Waals surface area contributed by atoms with Crippen molar-refractivity contribution in [1.29, 1.82) is 0 Å². The van der Waals surface area contributed by atoms with E-state index >= 15 is 0 Å². The zero-order valence-corrected chi connectivity index (χ0v) is 10.7. The standard InChI is InChI=1S/C14H21NO3/c1-2-5-15(9-14(17)18)13(16)8-12-7-10-3-4-11(12)6-10/h2,10-12H,1,3-9H2,(H,17,18). The lowest BCUT2D eigenvalue weighted by molar-refractivity contribution is -0.144. The molecule has 0 heterocycles. The Balaban J connectivity index is 1.88. The average molecular weight is 251 g/mol. The summed E-state index contributed by atoms with van der Waals surface area (Å²) in [5.41, 5.74) is 0. The molecule has 3 atom stereocenters. The summed E-state index contributed by atoms with van der Waals surface area (Å²) in [7, 11) is 0. The Labute approximate surface area is 108 Å². The molecule has 4 nitrogen and oxygen atoms in total. The normalized spacial score (nSPS) is 29.2. The molecule has 18 heavy (non-hydrogen) atoms. The van der Waals surface area contributed by atoms with Crippen LogP contribution in [0.15, 0.2) is 12.7 Å². The maximum Gasteiger partial charge on any atom is 0.323 e. The molecule has 2 bridgehead atoms. The minimum absolute atomic E-state index is 0.0325. The van der Waals surface area contributed by atoms with Crippen molar-refractivity contribution < 1.29 is 14.7 Å². The molecule has 100 valence electrons. The van der Waals surface area contributed by atoms with E-state index in [1.165, 1.54) is 24.2 Å². The van der Waals surface area contributed by atoms with Gasteiger partial charge in [-0.15, -0.1) is 6.58 Å². The summed E-state index contributed by atoms with van der Waals surface area (Å²) in [6, 6.07) is 0. The molecule has 2 fully saturated rings. The maximum atomic E-state index is 12.1. The van der Waals surface area contributed by atoms with Gasteiger partial charge in [0.2, 0.25) is 5.91 Å². The minimum Gasteiger partial charge on any atom is -0.480 e. The van der Waals surface area contributed by atoms with E-state index in [9.17, 15) is 9.59 Å². The van der Waals surface area contributed by atoms with Gasteiger partial charge in [-0.2, -0.15) is 0 Å². The molecule has 1 N–H and O–H groups in total. The number of fused-ring (bicyclic) bond motifs is 2. The number of amides is 1. The lowest BCUT2D eigenvalue weighted by Crippen LogP contribution is -2.37. The first kappa shape index (κ1) is 13.1.